The zero-order chi connectivity index (χ0) is 14.5. The first-order chi connectivity index (χ1) is 9.61. The molecule has 20 heavy (non-hydrogen) atoms. The molecule has 2 rings (SSSR count). The first kappa shape index (κ1) is 14.5. The van der Waals surface area contributed by atoms with E-state index in [0.717, 1.165) is 12.1 Å². The molecule has 5 heteroatoms. The molecule has 0 aliphatic rings. The van der Waals surface area contributed by atoms with Gasteiger partial charge in [0.25, 0.3) is 5.91 Å². The topological polar surface area (TPSA) is 59.2 Å². The lowest BCUT2D eigenvalue weighted by Gasteiger charge is -2.20. The minimum atomic E-state index is 0.0233. The smallest absolute Gasteiger partial charge is 0.265 e. The Balaban J connectivity index is 2.05. The molecule has 0 atom stereocenters. The van der Waals surface area contributed by atoms with Crippen molar-refractivity contribution in [2.75, 3.05) is 18.8 Å². The molecule has 0 aliphatic heterocycles. The Hall–Kier alpha value is -1.88. The van der Waals surface area contributed by atoms with Crippen LogP contribution in [0.3, 0.4) is 0 Å². The highest BCUT2D eigenvalue weighted by Crippen LogP contribution is 2.21. The van der Waals surface area contributed by atoms with Gasteiger partial charge in [-0.2, -0.15) is 0 Å². The van der Waals surface area contributed by atoms with E-state index < -0.39 is 0 Å². The first-order valence-corrected chi connectivity index (χ1v) is 7.49. The standard InChI is InChI=1S/C15H19N3OS/c1-3-18(10-9-12-7-5-4-6-8-12)14(19)13-11(2)17-15(16)20-13/h4-8H,3,9-10H2,1-2H3,(H2,16,17). The van der Waals surface area contributed by atoms with Gasteiger partial charge < -0.3 is 10.6 Å². The molecule has 0 bridgehead atoms. The van der Waals surface area contributed by atoms with Gasteiger partial charge in [-0.1, -0.05) is 41.7 Å². The molecule has 4 nitrogen and oxygen atoms in total. The average molecular weight is 289 g/mol. The molecule has 0 aliphatic carbocycles. The van der Waals surface area contributed by atoms with Crippen molar-refractivity contribution in [1.82, 2.24) is 9.88 Å². The van der Waals surface area contributed by atoms with Gasteiger partial charge in [-0.05, 0) is 25.8 Å². The minimum absolute atomic E-state index is 0.0233. The summed E-state index contributed by atoms with van der Waals surface area (Å²) in [5.41, 5.74) is 7.61. The van der Waals surface area contributed by atoms with E-state index in [-0.39, 0.29) is 5.91 Å². The van der Waals surface area contributed by atoms with Crippen molar-refractivity contribution in [1.29, 1.82) is 0 Å². The number of nitrogen functional groups attached to an aromatic ring is 1. The van der Waals surface area contributed by atoms with Crippen molar-refractivity contribution in [3.05, 3.63) is 46.5 Å². The molecular formula is C15H19N3OS. The molecule has 106 valence electrons. The lowest BCUT2D eigenvalue weighted by Crippen LogP contribution is -2.32. The molecule has 0 unspecified atom stereocenters. The van der Waals surface area contributed by atoms with Crippen molar-refractivity contribution in [3.63, 3.8) is 0 Å². The zero-order valence-corrected chi connectivity index (χ0v) is 12.6. The van der Waals surface area contributed by atoms with Crippen LogP contribution in [0, 0.1) is 6.92 Å². The summed E-state index contributed by atoms with van der Waals surface area (Å²) in [5, 5.41) is 0.449. The third-order valence-corrected chi connectivity index (χ3v) is 4.16. The van der Waals surface area contributed by atoms with Gasteiger partial charge in [0.15, 0.2) is 5.13 Å². The summed E-state index contributed by atoms with van der Waals surface area (Å²) in [6, 6.07) is 10.2. The Morgan fingerprint density at radius 3 is 2.60 bits per heavy atom. The molecule has 1 aromatic carbocycles. The van der Waals surface area contributed by atoms with Gasteiger partial charge in [0.1, 0.15) is 4.88 Å². The fourth-order valence-electron chi connectivity index (χ4n) is 2.07. The predicted octanol–water partition coefficient (Wildman–Crippen LogP) is 2.74. The van der Waals surface area contributed by atoms with E-state index in [1.807, 2.05) is 36.9 Å². The number of aryl methyl sites for hydroxylation is 1. The second-order valence-electron chi connectivity index (χ2n) is 4.59. The van der Waals surface area contributed by atoms with Crippen LogP contribution in [0.1, 0.15) is 27.9 Å². The average Bonchev–Trinajstić information content (AvgIpc) is 2.79. The van der Waals surface area contributed by atoms with E-state index in [2.05, 4.69) is 17.1 Å². The number of likely N-dealkylation sites (N-methyl/N-ethyl adjacent to an activating group) is 1. The third kappa shape index (κ3) is 3.36. The minimum Gasteiger partial charge on any atom is -0.375 e. The first-order valence-electron chi connectivity index (χ1n) is 6.68. The highest BCUT2D eigenvalue weighted by molar-refractivity contribution is 7.17. The van der Waals surface area contributed by atoms with E-state index in [4.69, 9.17) is 5.73 Å². The Morgan fingerprint density at radius 2 is 2.05 bits per heavy atom. The predicted molar refractivity (Wildman–Crippen MR) is 83.0 cm³/mol. The number of hydrogen-bond donors (Lipinski definition) is 1. The van der Waals surface area contributed by atoms with Crippen LogP contribution in [0.15, 0.2) is 30.3 Å². The molecule has 0 saturated heterocycles. The summed E-state index contributed by atoms with van der Waals surface area (Å²) >= 11 is 1.26. The molecule has 0 saturated carbocycles. The maximum atomic E-state index is 12.5. The second kappa shape index (κ2) is 6.52. The quantitative estimate of drug-likeness (QED) is 0.920. The van der Waals surface area contributed by atoms with Crippen LogP contribution in [0.2, 0.25) is 0 Å². The lowest BCUT2D eigenvalue weighted by atomic mass is 10.1. The number of aromatic nitrogens is 1. The van der Waals surface area contributed by atoms with Crippen molar-refractivity contribution in [2.45, 2.75) is 20.3 Å². The van der Waals surface area contributed by atoms with Gasteiger partial charge in [-0.25, -0.2) is 4.98 Å². The van der Waals surface area contributed by atoms with Crippen LogP contribution in [0.5, 0.6) is 0 Å². The molecule has 1 aromatic heterocycles. The number of amides is 1. The van der Waals surface area contributed by atoms with Gasteiger partial charge in [-0.3, -0.25) is 4.79 Å². The van der Waals surface area contributed by atoms with Crippen molar-refractivity contribution < 1.29 is 4.79 Å². The molecule has 1 heterocycles. The van der Waals surface area contributed by atoms with Gasteiger partial charge in [0.05, 0.1) is 5.69 Å². The van der Waals surface area contributed by atoms with Crippen molar-refractivity contribution in [2.24, 2.45) is 0 Å². The monoisotopic (exact) mass is 289 g/mol. The summed E-state index contributed by atoms with van der Waals surface area (Å²) in [7, 11) is 0. The Bertz CT molecular complexity index is 580. The maximum absolute atomic E-state index is 12.5. The second-order valence-corrected chi connectivity index (χ2v) is 5.62. The fourth-order valence-corrected chi connectivity index (χ4v) is 2.87. The van der Waals surface area contributed by atoms with Crippen LogP contribution in [0.4, 0.5) is 5.13 Å². The highest BCUT2D eigenvalue weighted by atomic mass is 32.1. The molecule has 1 amide bonds. The number of thiazole rings is 1. The molecule has 2 N–H and O–H groups in total. The SMILES string of the molecule is CCN(CCc1ccccc1)C(=O)c1sc(N)nc1C. The normalized spacial score (nSPS) is 10.5. The summed E-state index contributed by atoms with van der Waals surface area (Å²) < 4.78 is 0. The van der Waals surface area contributed by atoms with Crippen LogP contribution < -0.4 is 5.73 Å². The number of carbonyl (C=O) groups excluding carboxylic acids is 1. The van der Waals surface area contributed by atoms with Crippen LogP contribution in [-0.4, -0.2) is 28.9 Å². The van der Waals surface area contributed by atoms with Crippen LogP contribution in [-0.2, 0) is 6.42 Å². The molecular weight excluding hydrogens is 270 g/mol. The van der Waals surface area contributed by atoms with Crippen molar-refractivity contribution >= 4 is 22.4 Å². The lowest BCUT2D eigenvalue weighted by molar-refractivity contribution is 0.0770. The van der Waals surface area contributed by atoms with E-state index in [1.54, 1.807) is 0 Å². The number of nitrogens with two attached hydrogens (primary N) is 1. The zero-order valence-electron chi connectivity index (χ0n) is 11.8. The van der Waals surface area contributed by atoms with Crippen LogP contribution in [0.25, 0.3) is 0 Å². The van der Waals surface area contributed by atoms with Gasteiger partial charge in [0.2, 0.25) is 0 Å². The molecule has 2 aromatic rings. The molecule has 0 radical (unpaired) electrons. The number of rotatable bonds is 5. The van der Waals surface area contributed by atoms with E-state index in [9.17, 15) is 4.79 Å². The Kier molecular flexibility index (Phi) is 4.74. The third-order valence-electron chi connectivity index (χ3n) is 3.19. The van der Waals surface area contributed by atoms with Crippen LogP contribution >= 0.6 is 11.3 Å². The number of hydrogen-bond acceptors (Lipinski definition) is 4. The largest absolute Gasteiger partial charge is 0.375 e. The van der Waals surface area contributed by atoms with Gasteiger partial charge in [0, 0.05) is 13.1 Å². The summed E-state index contributed by atoms with van der Waals surface area (Å²) in [4.78, 5) is 19.1. The van der Waals surface area contributed by atoms with Gasteiger partial charge >= 0.3 is 0 Å². The molecule has 0 spiro atoms. The van der Waals surface area contributed by atoms with Crippen molar-refractivity contribution in [3.8, 4) is 0 Å². The van der Waals surface area contributed by atoms with E-state index >= 15 is 0 Å². The maximum Gasteiger partial charge on any atom is 0.265 e. The van der Waals surface area contributed by atoms with E-state index in [1.165, 1.54) is 16.9 Å². The number of benzene rings is 1. The summed E-state index contributed by atoms with van der Waals surface area (Å²) in [5.74, 6) is 0.0233. The summed E-state index contributed by atoms with van der Waals surface area (Å²) in [6.45, 7) is 5.20. The fraction of sp³-hybridized carbons (Fsp3) is 0.333. The highest BCUT2D eigenvalue weighted by Gasteiger charge is 2.19. The number of anilines is 1. The molecule has 0 fully saturated rings. The Morgan fingerprint density at radius 1 is 1.35 bits per heavy atom. The number of carbonyl (C=O) groups is 1. The Labute approximate surface area is 123 Å². The number of nitrogens with zero attached hydrogens (tertiary/aromatic N) is 2. The summed E-state index contributed by atoms with van der Waals surface area (Å²) in [6.07, 6.45) is 0.855. The van der Waals surface area contributed by atoms with Gasteiger partial charge in [-0.15, -0.1) is 0 Å². The van der Waals surface area contributed by atoms with E-state index in [0.29, 0.717) is 23.1 Å².